The fraction of sp³-hybridized carbons (Fsp3) is 0.667. The Balaban J connectivity index is 4.37. The molecule has 0 radical (unpaired) electrons. The molecule has 0 aliphatic rings. The first kappa shape index (κ1) is 12.6. The van der Waals surface area contributed by atoms with Gasteiger partial charge in [-0.05, 0) is 6.92 Å². The first-order valence-electron chi connectivity index (χ1n) is 4.44. The van der Waals surface area contributed by atoms with Crippen LogP contribution in [0.4, 0.5) is 0 Å². The quantitative estimate of drug-likeness (QED) is 0.364. The Morgan fingerprint density at radius 3 is 2.36 bits per heavy atom. The number of rotatable bonds is 6. The van der Waals surface area contributed by atoms with E-state index in [1.54, 1.807) is 13.8 Å². The molecule has 0 aliphatic carbocycles. The van der Waals surface area contributed by atoms with E-state index in [0.717, 1.165) is 0 Å². The predicted octanol–water partition coefficient (Wildman–Crippen LogP) is 0.921. The summed E-state index contributed by atoms with van der Waals surface area (Å²) in [6.07, 6.45) is 0.325. The molecule has 0 fully saturated rings. The van der Waals surface area contributed by atoms with Gasteiger partial charge in [0.05, 0.1) is 13.0 Å². The van der Waals surface area contributed by atoms with E-state index < -0.39 is 5.97 Å². The molecule has 0 aromatic heterocycles. The van der Waals surface area contributed by atoms with Gasteiger partial charge in [0.2, 0.25) is 0 Å². The lowest BCUT2D eigenvalue weighted by atomic mass is 10.1. The van der Waals surface area contributed by atoms with Crippen molar-refractivity contribution in [3.63, 3.8) is 0 Å². The van der Waals surface area contributed by atoms with Gasteiger partial charge in [0, 0.05) is 6.42 Å². The van der Waals surface area contributed by atoms with E-state index in [0.29, 0.717) is 6.42 Å². The van der Waals surface area contributed by atoms with Crippen LogP contribution in [0, 0.1) is 0 Å². The standard InChI is InChI=1S/C9H15NO4/c1-4-7(11)6-8(10-13-3)9(12)14-5-2/h4-6H2,1-3H3. The van der Waals surface area contributed by atoms with Crippen LogP contribution in [0.3, 0.4) is 0 Å². The Kier molecular flexibility index (Phi) is 6.36. The van der Waals surface area contributed by atoms with Crippen molar-refractivity contribution in [2.75, 3.05) is 13.7 Å². The molecule has 0 spiro atoms. The second-order valence-electron chi connectivity index (χ2n) is 2.51. The molecule has 14 heavy (non-hydrogen) atoms. The highest BCUT2D eigenvalue weighted by Crippen LogP contribution is 1.96. The normalized spacial score (nSPS) is 10.9. The molecule has 0 aliphatic heterocycles. The van der Waals surface area contributed by atoms with E-state index in [9.17, 15) is 9.59 Å². The Hall–Kier alpha value is -1.39. The lowest BCUT2D eigenvalue weighted by molar-refractivity contribution is -0.135. The number of hydrogen-bond donors (Lipinski definition) is 0. The second kappa shape index (κ2) is 7.06. The Morgan fingerprint density at radius 1 is 1.29 bits per heavy atom. The van der Waals surface area contributed by atoms with E-state index in [2.05, 4.69) is 9.99 Å². The summed E-state index contributed by atoms with van der Waals surface area (Å²) in [5, 5.41) is 3.45. The van der Waals surface area contributed by atoms with Crippen molar-refractivity contribution in [2.24, 2.45) is 5.16 Å². The third-order valence-corrected chi connectivity index (χ3v) is 1.47. The summed E-state index contributed by atoms with van der Waals surface area (Å²) in [6.45, 7) is 3.66. The van der Waals surface area contributed by atoms with Gasteiger partial charge in [-0.25, -0.2) is 4.79 Å². The molecular weight excluding hydrogens is 186 g/mol. The van der Waals surface area contributed by atoms with Crippen molar-refractivity contribution in [3.05, 3.63) is 0 Å². The number of carbonyl (C=O) groups excluding carboxylic acids is 2. The average Bonchev–Trinajstić information content (AvgIpc) is 2.17. The molecule has 0 bridgehead atoms. The largest absolute Gasteiger partial charge is 0.461 e. The van der Waals surface area contributed by atoms with Crippen molar-refractivity contribution >= 4 is 17.5 Å². The van der Waals surface area contributed by atoms with Gasteiger partial charge in [0.1, 0.15) is 12.9 Å². The summed E-state index contributed by atoms with van der Waals surface area (Å²) in [5.74, 6) is -0.676. The van der Waals surface area contributed by atoms with Crippen LogP contribution >= 0.6 is 0 Å². The molecule has 0 aromatic carbocycles. The maximum atomic E-state index is 11.2. The number of oxime groups is 1. The summed E-state index contributed by atoms with van der Waals surface area (Å²) in [7, 11) is 1.32. The number of Topliss-reactive ketones (excluding diaryl/α,β-unsaturated/α-hetero) is 1. The number of ether oxygens (including phenoxy) is 1. The monoisotopic (exact) mass is 201 g/mol. The Bertz CT molecular complexity index is 235. The van der Waals surface area contributed by atoms with Crippen molar-refractivity contribution < 1.29 is 19.2 Å². The van der Waals surface area contributed by atoms with Gasteiger partial charge in [-0.15, -0.1) is 0 Å². The predicted molar refractivity (Wildman–Crippen MR) is 51.0 cm³/mol. The van der Waals surface area contributed by atoms with Crippen LogP contribution in [0.2, 0.25) is 0 Å². The third-order valence-electron chi connectivity index (χ3n) is 1.47. The van der Waals surface area contributed by atoms with E-state index in [4.69, 9.17) is 4.74 Å². The highest BCUT2D eigenvalue weighted by Gasteiger charge is 2.16. The van der Waals surface area contributed by atoms with E-state index in [1.165, 1.54) is 7.11 Å². The molecule has 0 rings (SSSR count). The van der Waals surface area contributed by atoms with Crippen LogP contribution in [-0.4, -0.2) is 31.2 Å². The van der Waals surface area contributed by atoms with E-state index in [-0.39, 0.29) is 24.5 Å². The molecule has 0 saturated carbocycles. The molecule has 0 amide bonds. The molecule has 5 heteroatoms. The lowest BCUT2D eigenvalue weighted by Crippen LogP contribution is -2.21. The zero-order valence-corrected chi connectivity index (χ0v) is 8.70. The fourth-order valence-corrected chi connectivity index (χ4v) is 0.778. The maximum absolute atomic E-state index is 11.2. The first-order valence-corrected chi connectivity index (χ1v) is 4.44. The minimum absolute atomic E-state index is 0.0150. The van der Waals surface area contributed by atoms with E-state index in [1.807, 2.05) is 0 Å². The summed E-state index contributed by atoms with van der Waals surface area (Å²) < 4.78 is 4.70. The summed E-state index contributed by atoms with van der Waals surface area (Å²) in [6, 6.07) is 0. The van der Waals surface area contributed by atoms with Crippen LogP contribution in [0.5, 0.6) is 0 Å². The maximum Gasteiger partial charge on any atom is 0.356 e. The minimum Gasteiger partial charge on any atom is -0.461 e. The third kappa shape index (κ3) is 4.59. The summed E-state index contributed by atoms with van der Waals surface area (Å²) in [5.41, 5.74) is 0.0150. The SMILES string of the molecule is CCOC(=O)C(CC(=O)CC)=NOC. The van der Waals surface area contributed by atoms with Gasteiger partial charge in [-0.1, -0.05) is 12.1 Å². The molecule has 0 atom stereocenters. The van der Waals surface area contributed by atoms with Crippen LogP contribution in [0.15, 0.2) is 5.16 Å². The van der Waals surface area contributed by atoms with E-state index >= 15 is 0 Å². The number of hydrogen-bond acceptors (Lipinski definition) is 5. The average molecular weight is 201 g/mol. The van der Waals surface area contributed by atoms with Gasteiger partial charge in [-0.3, -0.25) is 4.79 Å². The van der Waals surface area contributed by atoms with Crippen LogP contribution in [0.25, 0.3) is 0 Å². The molecule has 5 nitrogen and oxygen atoms in total. The Morgan fingerprint density at radius 2 is 1.93 bits per heavy atom. The highest BCUT2D eigenvalue weighted by atomic mass is 16.6. The fourth-order valence-electron chi connectivity index (χ4n) is 0.778. The lowest BCUT2D eigenvalue weighted by Gasteiger charge is -2.03. The highest BCUT2D eigenvalue weighted by molar-refractivity contribution is 6.39. The van der Waals surface area contributed by atoms with Gasteiger partial charge < -0.3 is 9.57 Å². The first-order chi connectivity index (χ1) is 6.65. The van der Waals surface area contributed by atoms with Crippen molar-refractivity contribution in [1.82, 2.24) is 0 Å². The molecule has 0 aromatic rings. The molecule has 0 unspecified atom stereocenters. The van der Waals surface area contributed by atoms with Gasteiger partial charge >= 0.3 is 5.97 Å². The zero-order valence-electron chi connectivity index (χ0n) is 8.70. The number of nitrogens with zero attached hydrogens (tertiary/aromatic N) is 1. The molecule has 0 N–H and O–H groups in total. The van der Waals surface area contributed by atoms with Gasteiger partial charge in [0.15, 0.2) is 5.71 Å². The van der Waals surface area contributed by atoms with Crippen molar-refractivity contribution in [1.29, 1.82) is 0 Å². The van der Waals surface area contributed by atoms with Gasteiger partial charge in [0.25, 0.3) is 0 Å². The van der Waals surface area contributed by atoms with Crippen LogP contribution < -0.4 is 0 Å². The second-order valence-corrected chi connectivity index (χ2v) is 2.51. The van der Waals surface area contributed by atoms with Crippen LogP contribution in [0.1, 0.15) is 26.7 Å². The summed E-state index contributed by atoms with van der Waals surface area (Å²) >= 11 is 0. The van der Waals surface area contributed by atoms with Gasteiger partial charge in [-0.2, -0.15) is 0 Å². The smallest absolute Gasteiger partial charge is 0.356 e. The van der Waals surface area contributed by atoms with Crippen LogP contribution in [-0.2, 0) is 19.2 Å². The number of carbonyl (C=O) groups is 2. The molecule has 80 valence electrons. The minimum atomic E-state index is -0.601. The molecular formula is C9H15NO4. The number of esters is 1. The van der Waals surface area contributed by atoms with Crippen molar-refractivity contribution in [2.45, 2.75) is 26.7 Å². The molecule has 0 saturated heterocycles. The number of ketones is 1. The topological polar surface area (TPSA) is 65.0 Å². The summed E-state index contributed by atoms with van der Waals surface area (Å²) in [4.78, 5) is 26.7. The van der Waals surface area contributed by atoms with Crippen molar-refractivity contribution in [3.8, 4) is 0 Å². The Labute approximate surface area is 83.1 Å². The molecule has 0 heterocycles. The zero-order chi connectivity index (χ0) is 11.0.